The molecule has 0 aliphatic rings. The fraction of sp³-hybridized carbons (Fsp3) is 0.214. The van der Waals surface area contributed by atoms with Crippen LogP contribution in [0.25, 0.3) is 11.3 Å². The first kappa shape index (κ1) is 17.0. The van der Waals surface area contributed by atoms with Crippen LogP contribution in [0.4, 0.5) is 13.2 Å². The second-order valence-electron chi connectivity index (χ2n) is 4.55. The number of carbonyl (C=O) groups is 1. The normalized spacial score (nSPS) is 11.4. The molecule has 0 bridgehead atoms. The molecule has 5 nitrogen and oxygen atoms in total. The Morgan fingerprint density at radius 1 is 1.30 bits per heavy atom. The molecule has 0 spiro atoms. The van der Waals surface area contributed by atoms with E-state index in [1.54, 1.807) is 0 Å². The number of carbonyl (C=O) groups excluding carboxylic acids is 1. The van der Waals surface area contributed by atoms with Crippen molar-refractivity contribution in [1.29, 1.82) is 0 Å². The Bertz CT molecular complexity index is 831. The Hall–Kier alpha value is -2.35. The Balaban J connectivity index is 2.62. The predicted octanol–water partition coefficient (Wildman–Crippen LogP) is 2.91. The lowest BCUT2D eigenvalue weighted by atomic mass is 10.1. The van der Waals surface area contributed by atoms with Crippen LogP contribution in [0.1, 0.15) is 16.1 Å². The SMILES string of the molecule is COC(=O)c1cc(-c2nn(C)c(C(F)(F)F)cc2=O)ccc1Cl. The number of aromatic nitrogens is 2. The van der Waals surface area contributed by atoms with E-state index in [0.29, 0.717) is 10.7 Å². The summed E-state index contributed by atoms with van der Waals surface area (Å²) in [6.45, 7) is 0. The highest BCUT2D eigenvalue weighted by atomic mass is 35.5. The molecule has 1 heterocycles. The van der Waals surface area contributed by atoms with Crippen molar-refractivity contribution in [2.45, 2.75) is 6.18 Å². The average Bonchev–Trinajstić information content (AvgIpc) is 2.48. The first-order chi connectivity index (χ1) is 10.6. The summed E-state index contributed by atoms with van der Waals surface area (Å²) < 4.78 is 43.4. The molecule has 122 valence electrons. The minimum absolute atomic E-state index is 0.0181. The summed E-state index contributed by atoms with van der Waals surface area (Å²) in [6, 6.07) is 4.41. The van der Waals surface area contributed by atoms with E-state index in [9.17, 15) is 22.8 Å². The lowest BCUT2D eigenvalue weighted by molar-refractivity contribution is -0.144. The molecule has 0 fully saturated rings. The summed E-state index contributed by atoms with van der Waals surface area (Å²) in [5.74, 6) is -0.736. The molecule has 0 saturated heterocycles. The van der Waals surface area contributed by atoms with Crippen molar-refractivity contribution in [1.82, 2.24) is 9.78 Å². The van der Waals surface area contributed by atoms with Crippen LogP contribution < -0.4 is 5.43 Å². The number of nitrogens with zero attached hydrogens (tertiary/aromatic N) is 2. The van der Waals surface area contributed by atoms with Gasteiger partial charge in [-0.3, -0.25) is 9.48 Å². The van der Waals surface area contributed by atoms with Crippen LogP contribution in [0.15, 0.2) is 29.1 Å². The number of ether oxygens (including phenoxy) is 1. The Kier molecular flexibility index (Phi) is 4.46. The zero-order valence-electron chi connectivity index (χ0n) is 11.9. The van der Waals surface area contributed by atoms with Crippen molar-refractivity contribution in [2.75, 3.05) is 7.11 Å². The van der Waals surface area contributed by atoms with Gasteiger partial charge in [0.25, 0.3) is 0 Å². The number of alkyl halides is 3. The molecule has 23 heavy (non-hydrogen) atoms. The van der Waals surface area contributed by atoms with Crippen LogP contribution in [-0.2, 0) is 18.0 Å². The smallest absolute Gasteiger partial charge is 0.433 e. The van der Waals surface area contributed by atoms with Crippen molar-refractivity contribution < 1.29 is 22.7 Å². The van der Waals surface area contributed by atoms with Gasteiger partial charge in [-0.15, -0.1) is 0 Å². The number of hydrogen-bond donors (Lipinski definition) is 0. The molecule has 0 unspecified atom stereocenters. The molecule has 2 rings (SSSR count). The third kappa shape index (κ3) is 3.37. The van der Waals surface area contributed by atoms with Crippen LogP contribution in [0.3, 0.4) is 0 Å². The largest absolute Gasteiger partial charge is 0.465 e. The van der Waals surface area contributed by atoms with Gasteiger partial charge in [0.15, 0.2) is 0 Å². The Morgan fingerprint density at radius 3 is 2.52 bits per heavy atom. The van der Waals surface area contributed by atoms with Crippen molar-refractivity contribution in [3.63, 3.8) is 0 Å². The first-order valence-electron chi connectivity index (χ1n) is 6.19. The third-order valence-electron chi connectivity index (χ3n) is 3.04. The van der Waals surface area contributed by atoms with Gasteiger partial charge in [0.1, 0.15) is 11.4 Å². The fourth-order valence-electron chi connectivity index (χ4n) is 1.94. The lowest BCUT2D eigenvalue weighted by Gasteiger charge is -2.12. The fourth-order valence-corrected chi connectivity index (χ4v) is 2.14. The topological polar surface area (TPSA) is 61.2 Å². The zero-order valence-corrected chi connectivity index (χ0v) is 12.7. The number of benzene rings is 1. The lowest BCUT2D eigenvalue weighted by Crippen LogP contribution is -2.22. The van der Waals surface area contributed by atoms with Crippen LogP contribution in [-0.4, -0.2) is 22.9 Å². The van der Waals surface area contributed by atoms with Crippen LogP contribution >= 0.6 is 11.6 Å². The van der Waals surface area contributed by atoms with Crippen LogP contribution in [0.2, 0.25) is 5.02 Å². The summed E-state index contributed by atoms with van der Waals surface area (Å²) in [5, 5.41) is 3.74. The van der Waals surface area contributed by atoms with Gasteiger partial charge < -0.3 is 4.74 Å². The van der Waals surface area contributed by atoms with Gasteiger partial charge in [-0.25, -0.2) is 4.79 Å². The van der Waals surface area contributed by atoms with Gasteiger partial charge in [0.05, 0.1) is 17.7 Å². The van der Waals surface area contributed by atoms with Gasteiger partial charge in [-0.05, 0) is 12.1 Å². The number of rotatable bonds is 2. The van der Waals surface area contributed by atoms with Crippen molar-refractivity contribution in [3.05, 3.63) is 50.8 Å². The molecule has 0 amide bonds. The van der Waals surface area contributed by atoms with Gasteiger partial charge >= 0.3 is 12.1 Å². The second kappa shape index (κ2) is 6.04. The molecule has 0 aliphatic carbocycles. The maximum absolute atomic E-state index is 12.8. The molecule has 2 aromatic rings. The van der Waals surface area contributed by atoms with Crippen molar-refractivity contribution >= 4 is 17.6 Å². The Labute approximate surface area is 133 Å². The number of esters is 1. The summed E-state index contributed by atoms with van der Waals surface area (Å²) in [5.41, 5.74) is -2.19. The van der Waals surface area contributed by atoms with Crippen LogP contribution in [0.5, 0.6) is 0 Å². The van der Waals surface area contributed by atoms with E-state index in [4.69, 9.17) is 11.6 Å². The number of aryl methyl sites for hydroxylation is 1. The summed E-state index contributed by atoms with van der Waals surface area (Å²) in [7, 11) is 2.23. The first-order valence-corrected chi connectivity index (χ1v) is 6.56. The molecule has 0 saturated carbocycles. The summed E-state index contributed by atoms with van der Waals surface area (Å²) in [4.78, 5) is 23.5. The van der Waals surface area contributed by atoms with Gasteiger partial charge in [-0.2, -0.15) is 18.3 Å². The summed E-state index contributed by atoms with van der Waals surface area (Å²) >= 11 is 5.86. The predicted molar refractivity (Wildman–Crippen MR) is 76.3 cm³/mol. The van der Waals surface area contributed by atoms with E-state index in [1.807, 2.05) is 0 Å². The van der Waals surface area contributed by atoms with Gasteiger partial charge in [0.2, 0.25) is 5.43 Å². The molecule has 0 aliphatic heterocycles. The van der Waals surface area contributed by atoms with Crippen molar-refractivity contribution in [3.8, 4) is 11.3 Å². The molecule has 0 atom stereocenters. The highest BCUT2D eigenvalue weighted by Gasteiger charge is 2.34. The number of methoxy groups -OCH3 is 1. The second-order valence-corrected chi connectivity index (χ2v) is 4.96. The molecule has 1 aromatic carbocycles. The maximum atomic E-state index is 12.8. The number of halogens is 4. The number of hydrogen-bond acceptors (Lipinski definition) is 4. The highest BCUT2D eigenvalue weighted by Crippen LogP contribution is 2.28. The molecular formula is C14H10ClF3N2O3. The van der Waals surface area contributed by atoms with Gasteiger partial charge in [-0.1, -0.05) is 17.7 Å². The minimum atomic E-state index is -4.70. The maximum Gasteiger partial charge on any atom is 0.433 e. The van der Waals surface area contributed by atoms with E-state index >= 15 is 0 Å². The molecule has 0 radical (unpaired) electrons. The van der Waals surface area contributed by atoms with Crippen LogP contribution in [0, 0.1) is 0 Å². The molecule has 0 N–H and O–H groups in total. The minimum Gasteiger partial charge on any atom is -0.465 e. The standard InChI is InChI=1S/C14H10ClF3N2O3/c1-20-11(14(16,17)18)6-10(21)12(19-20)7-3-4-9(15)8(5-7)13(22)23-2/h3-6H,1-2H3. The zero-order chi connectivity index (χ0) is 17.4. The van der Waals surface area contributed by atoms with E-state index in [2.05, 4.69) is 9.84 Å². The third-order valence-corrected chi connectivity index (χ3v) is 3.36. The molecular weight excluding hydrogens is 337 g/mol. The quantitative estimate of drug-likeness (QED) is 0.784. The van der Waals surface area contributed by atoms with Gasteiger partial charge in [0, 0.05) is 18.7 Å². The monoisotopic (exact) mass is 346 g/mol. The Morgan fingerprint density at radius 2 is 1.96 bits per heavy atom. The van der Waals surface area contributed by atoms with E-state index in [0.717, 1.165) is 14.2 Å². The molecule has 1 aromatic heterocycles. The van der Waals surface area contributed by atoms with Crippen molar-refractivity contribution in [2.24, 2.45) is 7.05 Å². The van der Waals surface area contributed by atoms with E-state index in [1.165, 1.54) is 18.2 Å². The van der Waals surface area contributed by atoms with E-state index < -0.39 is 23.3 Å². The summed E-state index contributed by atoms with van der Waals surface area (Å²) in [6.07, 6.45) is -4.70. The molecule has 9 heteroatoms. The van der Waals surface area contributed by atoms with E-state index in [-0.39, 0.29) is 21.8 Å². The highest BCUT2D eigenvalue weighted by molar-refractivity contribution is 6.33. The average molecular weight is 347 g/mol.